The van der Waals surface area contributed by atoms with Crippen LogP contribution in [0.2, 0.25) is 0 Å². The summed E-state index contributed by atoms with van der Waals surface area (Å²) in [5.41, 5.74) is 4.24. The predicted molar refractivity (Wildman–Crippen MR) is 148 cm³/mol. The molecule has 1 nitrogen and oxygen atoms in total. The summed E-state index contributed by atoms with van der Waals surface area (Å²) in [5.74, 6) is 0.430. The Morgan fingerprint density at radius 2 is 0.941 bits per heavy atom. The SMILES string of the molecule is CCCCCCCCCCCC(NCCC(c1ccccc1)c1ccccc1)c1ccccc1. The molecule has 0 saturated heterocycles. The average Bonchev–Trinajstić information content (AvgIpc) is 2.90. The minimum absolute atomic E-state index is 0.430. The van der Waals surface area contributed by atoms with E-state index < -0.39 is 0 Å². The van der Waals surface area contributed by atoms with Crippen molar-refractivity contribution >= 4 is 0 Å². The van der Waals surface area contributed by atoms with Gasteiger partial charge in [-0.3, -0.25) is 0 Å². The van der Waals surface area contributed by atoms with E-state index in [0.717, 1.165) is 13.0 Å². The van der Waals surface area contributed by atoms with Gasteiger partial charge in [0.25, 0.3) is 0 Å². The van der Waals surface area contributed by atoms with Gasteiger partial charge in [-0.05, 0) is 36.1 Å². The Hall–Kier alpha value is -2.38. The third-order valence-corrected chi connectivity index (χ3v) is 7.03. The van der Waals surface area contributed by atoms with Gasteiger partial charge in [0.2, 0.25) is 0 Å². The molecule has 0 aromatic heterocycles. The zero-order chi connectivity index (χ0) is 23.7. The molecule has 1 N–H and O–H groups in total. The maximum absolute atomic E-state index is 3.93. The summed E-state index contributed by atoms with van der Waals surface area (Å²) in [5, 5.41) is 3.93. The summed E-state index contributed by atoms with van der Waals surface area (Å²) >= 11 is 0. The van der Waals surface area contributed by atoms with E-state index in [9.17, 15) is 0 Å². The fourth-order valence-corrected chi connectivity index (χ4v) is 5.03. The van der Waals surface area contributed by atoms with Gasteiger partial charge in [-0.15, -0.1) is 0 Å². The Morgan fingerprint density at radius 1 is 0.500 bits per heavy atom. The van der Waals surface area contributed by atoms with Crippen molar-refractivity contribution in [3.8, 4) is 0 Å². The van der Waals surface area contributed by atoms with Crippen molar-refractivity contribution in [3.63, 3.8) is 0 Å². The van der Waals surface area contributed by atoms with Gasteiger partial charge in [0.1, 0.15) is 0 Å². The zero-order valence-electron chi connectivity index (χ0n) is 21.3. The van der Waals surface area contributed by atoms with Gasteiger partial charge in [-0.1, -0.05) is 156 Å². The fourth-order valence-electron chi connectivity index (χ4n) is 5.03. The topological polar surface area (TPSA) is 12.0 Å². The second kappa shape index (κ2) is 16.3. The van der Waals surface area contributed by atoms with Crippen LogP contribution < -0.4 is 5.32 Å². The molecule has 34 heavy (non-hydrogen) atoms. The van der Waals surface area contributed by atoms with E-state index in [1.165, 1.54) is 80.9 Å². The van der Waals surface area contributed by atoms with E-state index in [1.54, 1.807) is 0 Å². The van der Waals surface area contributed by atoms with Crippen molar-refractivity contribution in [3.05, 3.63) is 108 Å². The van der Waals surface area contributed by atoms with Gasteiger partial charge in [0.05, 0.1) is 0 Å². The van der Waals surface area contributed by atoms with Gasteiger partial charge in [-0.2, -0.15) is 0 Å². The highest BCUT2D eigenvalue weighted by Crippen LogP contribution is 2.28. The second-order valence-electron chi connectivity index (χ2n) is 9.70. The van der Waals surface area contributed by atoms with Crippen LogP contribution in [0.3, 0.4) is 0 Å². The first-order valence-electron chi connectivity index (χ1n) is 13.8. The lowest BCUT2D eigenvalue weighted by atomic mass is 9.88. The van der Waals surface area contributed by atoms with Crippen LogP contribution in [0, 0.1) is 0 Å². The first kappa shape index (κ1) is 26.2. The molecule has 0 aliphatic carbocycles. The van der Waals surface area contributed by atoms with Gasteiger partial charge in [0.15, 0.2) is 0 Å². The fraction of sp³-hybridized carbons (Fsp3) is 0.455. The summed E-state index contributed by atoms with van der Waals surface area (Å²) in [4.78, 5) is 0. The summed E-state index contributed by atoms with van der Waals surface area (Å²) in [7, 11) is 0. The highest BCUT2D eigenvalue weighted by molar-refractivity contribution is 5.32. The molecule has 0 amide bonds. The first-order valence-corrected chi connectivity index (χ1v) is 13.8. The molecular formula is C33H45N. The lowest BCUT2D eigenvalue weighted by molar-refractivity contribution is 0.455. The number of unbranched alkanes of at least 4 members (excludes halogenated alkanes) is 8. The highest BCUT2D eigenvalue weighted by atomic mass is 14.9. The molecule has 1 atom stereocenters. The number of rotatable bonds is 17. The van der Waals surface area contributed by atoms with Crippen molar-refractivity contribution in [1.29, 1.82) is 0 Å². The van der Waals surface area contributed by atoms with E-state index >= 15 is 0 Å². The van der Waals surface area contributed by atoms with Crippen LogP contribution in [0.4, 0.5) is 0 Å². The molecule has 0 aliphatic rings. The van der Waals surface area contributed by atoms with E-state index in [1.807, 2.05) is 0 Å². The Morgan fingerprint density at radius 3 is 1.44 bits per heavy atom. The number of benzene rings is 3. The lowest BCUT2D eigenvalue weighted by Gasteiger charge is -2.23. The molecule has 3 aromatic rings. The molecule has 0 fully saturated rings. The Kier molecular flexibility index (Phi) is 12.6. The van der Waals surface area contributed by atoms with Gasteiger partial charge >= 0.3 is 0 Å². The van der Waals surface area contributed by atoms with Crippen molar-refractivity contribution < 1.29 is 0 Å². The van der Waals surface area contributed by atoms with Crippen molar-refractivity contribution in [2.24, 2.45) is 0 Å². The maximum atomic E-state index is 3.93. The normalized spacial score (nSPS) is 12.2. The maximum Gasteiger partial charge on any atom is 0.0320 e. The summed E-state index contributed by atoms with van der Waals surface area (Å²) in [6.07, 6.45) is 14.8. The molecule has 3 rings (SSSR count). The zero-order valence-corrected chi connectivity index (χ0v) is 21.3. The molecule has 0 aliphatic heterocycles. The number of hydrogen-bond acceptors (Lipinski definition) is 1. The van der Waals surface area contributed by atoms with E-state index in [-0.39, 0.29) is 0 Å². The third kappa shape index (κ3) is 9.47. The third-order valence-electron chi connectivity index (χ3n) is 7.03. The Labute approximate surface area is 209 Å². The molecule has 3 aromatic carbocycles. The molecule has 1 heteroatoms. The van der Waals surface area contributed by atoms with Crippen LogP contribution in [0.1, 0.15) is 106 Å². The molecule has 0 heterocycles. The molecule has 182 valence electrons. The van der Waals surface area contributed by atoms with E-state index in [2.05, 4.69) is 103 Å². The van der Waals surface area contributed by atoms with Crippen LogP contribution in [0.15, 0.2) is 91.0 Å². The van der Waals surface area contributed by atoms with Crippen LogP contribution in [0.5, 0.6) is 0 Å². The van der Waals surface area contributed by atoms with E-state index in [4.69, 9.17) is 0 Å². The lowest BCUT2D eigenvalue weighted by Crippen LogP contribution is -2.24. The Bertz CT molecular complexity index is 819. The number of hydrogen-bond donors (Lipinski definition) is 1. The Balaban J connectivity index is 1.50. The first-order chi connectivity index (χ1) is 16.9. The monoisotopic (exact) mass is 455 g/mol. The molecule has 1 unspecified atom stereocenters. The highest BCUT2D eigenvalue weighted by Gasteiger charge is 2.16. The summed E-state index contributed by atoms with van der Waals surface area (Å²) in [6.45, 7) is 3.31. The van der Waals surface area contributed by atoms with Gasteiger partial charge in [-0.25, -0.2) is 0 Å². The molecule has 0 radical (unpaired) electrons. The molecule has 0 bridgehead atoms. The summed E-state index contributed by atoms with van der Waals surface area (Å²) < 4.78 is 0. The van der Waals surface area contributed by atoms with Gasteiger partial charge in [0, 0.05) is 12.0 Å². The largest absolute Gasteiger partial charge is 0.310 e. The van der Waals surface area contributed by atoms with Crippen molar-refractivity contribution in [2.45, 2.75) is 89.5 Å². The predicted octanol–water partition coefficient (Wildman–Crippen LogP) is 9.46. The van der Waals surface area contributed by atoms with Crippen molar-refractivity contribution in [2.75, 3.05) is 6.54 Å². The smallest absolute Gasteiger partial charge is 0.0320 e. The summed E-state index contributed by atoms with van der Waals surface area (Å²) in [6, 6.07) is 33.5. The average molecular weight is 456 g/mol. The standard InChI is InChI=1S/C33H45N/c1-2-3-4-5-6-7-8-9-19-26-33(31-24-17-12-18-25-31)34-28-27-32(29-20-13-10-14-21-29)30-22-15-11-16-23-30/h10-18,20-25,32-34H,2-9,19,26-28H2,1H3. The quantitative estimate of drug-likeness (QED) is 0.200. The minimum atomic E-state index is 0.430. The van der Waals surface area contributed by atoms with Crippen LogP contribution in [0.25, 0.3) is 0 Å². The molecule has 0 saturated carbocycles. The molecular weight excluding hydrogens is 410 g/mol. The second-order valence-corrected chi connectivity index (χ2v) is 9.70. The van der Waals surface area contributed by atoms with Crippen LogP contribution in [-0.4, -0.2) is 6.54 Å². The van der Waals surface area contributed by atoms with E-state index in [0.29, 0.717) is 12.0 Å². The van der Waals surface area contributed by atoms with Crippen LogP contribution >= 0.6 is 0 Å². The minimum Gasteiger partial charge on any atom is -0.310 e. The van der Waals surface area contributed by atoms with Gasteiger partial charge < -0.3 is 5.32 Å². The van der Waals surface area contributed by atoms with Crippen molar-refractivity contribution in [1.82, 2.24) is 5.32 Å². The number of nitrogens with one attached hydrogen (secondary N) is 1. The molecule has 0 spiro atoms. The van der Waals surface area contributed by atoms with Crippen LogP contribution in [-0.2, 0) is 0 Å².